The highest BCUT2D eigenvalue weighted by molar-refractivity contribution is 5.99. The van der Waals surface area contributed by atoms with Gasteiger partial charge in [-0.2, -0.15) is 0 Å². The minimum atomic E-state index is -0.462. The monoisotopic (exact) mass is 272 g/mol. The van der Waals surface area contributed by atoms with Crippen LogP contribution in [-0.2, 0) is 0 Å². The number of hydrogen-bond donors (Lipinski definition) is 2. The van der Waals surface area contributed by atoms with E-state index in [9.17, 15) is 9.18 Å². The fourth-order valence-corrected chi connectivity index (χ4v) is 1.83. The first-order valence-corrected chi connectivity index (χ1v) is 6.37. The van der Waals surface area contributed by atoms with E-state index in [0.29, 0.717) is 5.69 Å². The number of carbonyl (C=O) groups is 1. The molecule has 0 bridgehead atoms. The summed E-state index contributed by atoms with van der Waals surface area (Å²) in [7, 11) is 0. The molecule has 0 atom stereocenters. The van der Waals surface area contributed by atoms with Crippen molar-refractivity contribution >= 4 is 17.4 Å². The zero-order valence-electron chi connectivity index (χ0n) is 11.8. The molecule has 0 saturated heterocycles. The summed E-state index contributed by atoms with van der Waals surface area (Å²) in [5.41, 5.74) is 3.89. The Kier molecular flexibility index (Phi) is 4.03. The Morgan fingerprint density at radius 1 is 0.950 bits per heavy atom. The lowest BCUT2D eigenvalue weighted by Crippen LogP contribution is -2.20. The van der Waals surface area contributed by atoms with Crippen molar-refractivity contribution in [3.05, 3.63) is 58.9 Å². The van der Waals surface area contributed by atoms with Crippen molar-refractivity contribution in [2.45, 2.75) is 20.8 Å². The lowest BCUT2D eigenvalue weighted by Gasteiger charge is -2.10. The zero-order chi connectivity index (χ0) is 14.7. The highest BCUT2D eigenvalue weighted by Gasteiger charge is 2.07. The molecule has 2 rings (SSSR count). The Balaban J connectivity index is 2.07. The summed E-state index contributed by atoms with van der Waals surface area (Å²) >= 11 is 0. The Morgan fingerprint density at radius 2 is 1.70 bits per heavy atom. The van der Waals surface area contributed by atoms with Gasteiger partial charge in [0.05, 0.1) is 5.69 Å². The molecule has 0 aliphatic heterocycles. The Hall–Kier alpha value is -2.36. The quantitative estimate of drug-likeness (QED) is 0.836. The van der Waals surface area contributed by atoms with E-state index in [2.05, 4.69) is 10.6 Å². The third-order valence-electron chi connectivity index (χ3n) is 3.14. The maximum Gasteiger partial charge on any atom is 0.323 e. The molecule has 0 saturated carbocycles. The topological polar surface area (TPSA) is 41.1 Å². The molecule has 3 nitrogen and oxygen atoms in total. The van der Waals surface area contributed by atoms with E-state index in [4.69, 9.17) is 0 Å². The molecule has 2 N–H and O–H groups in total. The molecule has 0 aliphatic carbocycles. The highest BCUT2D eigenvalue weighted by atomic mass is 19.1. The second-order valence-electron chi connectivity index (χ2n) is 4.86. The molecule has 104 valence electrons. The molecule has 2 amide bonds. The third kappa shape index (κ3) is 3.35. The van der Waals surface area contributed by atoms with Crippen molar-refractivity contribution < 1.29 is 9.18 Å². The summed E-state index contributed by atoms with van der Waals surface area (Å²) in [5.74, 6) is -0.444. The van der Waals surface area contributed by atoms with Crippen LogP contribution in [0.4, 0.5) is 20.6 Å². The van der Waals surface area contributed by atoms with Crippen LogP contribution in [0.25, 0.3) is 0 Å². The minimum absolute atomic E-state index is 0.164. The highest BCUT2D eigenvalue weighted by Crippen LogP contribution is 2.17. The first-order valence-electron chi connectivity index (χ1n) is 6.37. The normalized spacial score (nSPS) is 10.2. The number of carbonyl (C=O) groups excluding carboxylic acids is 1. The lowest BCUT2D eigenvalue weighted by atomic mass is 10.1. The first kappa shape index (κ1) is 14.1. The number of urea groups is 1. The van der Waals surface area contributed by atoms with Gasteiger partial charge in [-0.25, -0.2) is 9.18 Å². The van der Waals surface area contributed by atoms with Crippen LogP contribution < -0.4 is 10.6 Å². The summed E-state index contributed by atoms with van der Waals surface area (Å²) in [6.07, 6.45) is 0. The zero-order valence-corrected chi connectivity index (χ0v) is 11.8. The van der Waals surface area contributed by atoms with E-state index in [1.54, 1.807) is 19.1 Å². The van der Waals surface area contributed by atoms with Crippen LogP contribution in [-0.4, -0.2) is 6.03 Å². The Bertz CT molecular complexity index is 653. The Morgan fingerprint density at radius 3 is 2.35 bits per heavy atom. The van der Waals surface area contributed by atoms with Gasteiger partial charge < -0.3 is 10.6 Å². The van der Waals surface area contributed by atoms with Crippen molar-refractivity contribution in [3.8, 4) is 0 Å². The molecule has 2 aromatic carbocycles. The number of rotatable bonds is 2. The average Bonchev–Trinajstić information content (AvgIpc) is 2.37. The number of halogens is 1. The first-order chi connectivity index (χ1) is 9.45. The molecule has 0 fully saturated rings. The van der Waals surface area contributed by atoms with Gasteiger partial charge in [-0.15, -0.1) is 0 Å². The van der Waals surface area contributed by atoms with E-state index in [-0.39, 0.29) is 5.69 Å². The fraction of sp³-hybridized carbons (Fsp3) is 0.188. The lowest BCUT2D eigenvalue weighted by molar-refractivity contribution is 0.262. The van der Waals surface area contributed by atoms with Crippen LogP contribution in [0.2, 0.25) is 0 Å². The van der Waals surface area contributed by atoms with Crippen molar-refractivity contribution in [1.29, 1.82) is 0 Å². The third-order valence-corrected chi connectivity index (χ3v) is 3.14. The maximum atomic E-state index is 13.6. The van der Waals surface area contributed by atoms with E-state index in [0.717, 1.165) is 16.7 Å². The van der Waals surface area contributed by atoms with Gasteiger partial charge in [0, 0.05) is 5.69 Å². The second-order valence-corrected chi connectivity index (χ2v) is 4.86. The van der Waals surface area contributed by atoms with E-state index in [1.807, 2.05) is 32.0 Å². The van der Waals surface area contributed by atoms with Crippen molar-refractivity contribution in [2.24, 2.45) is 0 Å². The number of anilines is 2. The minimum Gasteiger partial charge on any atom is -0.308 e. The van der Waals surface area contributed by atoms with Crippen LogP contribution in [0.3, 0.4) is 0 Å². The van der Waals surface area contributed by atoms with E-state index < -0.39 is 11.8 Å². The molecule has 0 unspecified atom stereocenters. The number of nitrogens with one attached hydrogen (secondary N) is 2. The number of hydrogen-bond acceptors (Lipinski definition) is 1. The van der Waals surface area contributed by atoms with Crippen molar-refractivity contribution in [2.75, 3.05) is 10.6 Å². The van der Waals surface area contributed by atoms with E-state index in [1.165, 1.54) is 6.07 Å². The molecule has 20 heavy (non-hydrogen) atoms. The van der Waals surface area contributed by atoms with Gasteiger partial charge in [0.25, 0.3) is 0 Å². The van der Waals surface area contributed by atoms with Crippen LogP contribution in [0.15, 0.2) is 36.4 Å². The largest absolute Gasteiger partial charge is 0.323 e. The summed E-state index contributed by atoms with van der Waals surface area (Å²) in [4.78, 5) is 11.8. The van der Waals surface area contributed by atoms with Crippen LogP contribution >= 0.6 is 0 Å². The van der Waals surface area contributed by atoms with Gasteiger partial charge in [-0.1, -0.05) is 12.1 Å². The molecule has 0 spiro atoms. The fourth-order valence-electron chi connectivity index (χ4n) is 1.83. The molecule has 2 aromatic rings. The Labute approximate surface area is 117 Å². The summed E-state index contributed by atoms with van der Waals surface area (Å²) < 4.78 is 13.6. The van der Waals surface area contributed by atoms with Crippen molar-refractivity contribution in [1.82, 2.24) is 0 Å². The van der Waals surface area contributed by atoms with Crippen LogP contribution in [0.1, 0.15) is 16.7 Å². The van der Waals surface area contributed by atoms with Crippen molar-refractivity contribution in [3.63, 3.8) is 0 Å². The molecular formula is C16H17FN2O. The second kappa shape index (κ2) is 5.74. The van der Waals surface area contributed by atoms with Crippen LogP contribution in [0.5, 0.6) is 0 Å². The van der Waals surface area contributed by atoms with E-state index >= 15 is 0 Å². The molecule has 0 aliphatic rings. The van der Waals surface area contributed by atoms with Gasteiger partial charge in [0.15, 0.2) is 0 Å². The van der Waals surface area contributed by atoms with Gasteiger partial charge >= 0.3 is 6.03 Å². The molecule has 0 aromatic heterocycles. The van der Waals surface area contributed by atoms with Crippen LogP contribution in [0, 0.1) is 26.6 Å². The molecule has 4 heteroatoms. The van der Waals surface area contributed by atoms with Gasteiger partial charge in [0.1, 0.15) is 5.82 Å². The predicted molar refractivity (Wildman–Crippen MR) is 79.7 cm³/mol. The number of aryl methyl sites for hydroxylation is 3. The molecule has 0 radical (unpaired) electrons. The summed E-state index contributed by atoms with van der Waals surface area (Å²) in [6, 6.07) is 9.83. The smallest absolute Gasteiger partial charge is 0.308 e. The molecular weight excluding hydrogens is 255 g/mol. The maximum absolute atomic E-state index is 13.6. The molecule has 0 heterocycles. The number of amides is 2. The van der Waals surface area contributed by atoms with Gasteiger partial charge in [-0.3, -0.25) is 0 Å². The predicted octanol–water partition coefficient (Wildman–Crippen LogP) is 4.39. The standard InChI is InChI=1S/C16H17FN2O/c1-10-4-7-15(14(17)8-10)19-16(20)18-13-6-5-11(2)12(3)9-13/h4-9H,1-3H3,(H2,18,19,20). The van der Waals surface area contributed by atoms with Gasteiger partial charge in [0.2, 0.25) is 0 Å². The number of benzene rings is 2. The summed E-state index contributed by atoms with van der Waals surface area (Å²) in [6.45, 7) is 5.76. The van der Waals surface area contributed by atoms with Gasteiger partial charge in [-0.05, 0) is 61.7 Å². The summed E-state index contributed by atoms with van der Waals surface area (Å²) in [5, 5.41) is 5.18. The average molecular weight is 272 g/mol. The SMILES string of the molecule is Cc1ccc(NC(=O)Nc2ccc(C)c(C)c2)c(F)c1.